The van der Waals surface area contributed by atoms with Gasteiger partial charge in [0.1, 0.15) is 23.7 Å². The minimum absolute atomic E-state index is 0.174. The normalized spacial score (nSPS) is 14.7. The number of amides is 4. The largest absolute Gasteiger partial charge is 0.497 e. The Bertz CT molecular complexity index is 1560. The Balaban J connectivity index is 1.56. The summed E-state index contributed by atoms with van der Waals surface area (Å²) in [5.74, 6) is -0.401. The van der Waals surface area contributed by atoms with Gasteiger partial charge in [-0.15, -0.1) is 0 Å². The van der Waals surface area contributed by atoms with E-state index in [4.69, 9.17) is 9.47 Å². The predicted octanol–water partition coefficient (Wildman–Crippen LogP) is 5.40. The predicted molar refractivity (Wildman–Crippen MR) is 141 cm³/mol. The van der Waals surface area contributed by atoms with Crippen LogP contribution in [0.4, 0.5) is 10.5 Å². The Labute approximate surface area is 213 Å². The first-order valence-electron chi connectivity index (χ1n) is 11.7. The molecule has 0 unspecified atom stereocenters. The Morgan fingerprint density at radius 1 is 0.892 bits per heavy atom. The zero-order chi connectivity index (χ0) is 25.9. The highest BCUT2D eigenvalue weighted by atomic mass is 16.5. The molecule has 1 saturated heterocycles. The number of hydrogen-bond acceptors (Lipinski definition) is 5. The fourth-order valence-electron chi connectivity index (χ4n) is 4.28. The number of hydrogen-bond donors (Lipinski definition) is 1. The van der Waals surface area contributed by atoms with Crippen molar-refractivity contribution in [2.24, 2.45) is 0 Å². The van der Waals surface area contributed by atoms with Gasteiger partial charge in [0.25, 0.3) is 11.8 Å². The summed E-state index contributed by atoms with van der Waals surface area (Å²) in [5.41, 5.74) is 2.83. The van der Waals surface area contributed by atoms with Crippen LogP contribution in [0.3, 0.4) is 0 Å². The molecule has 184 valence electrons. The summed E-state index contributed by atoms with van der Waals surface area (Å²) in [6.45, 7) is 2.32. The second-order valence-corrected chi connectivity index (χ2v) is 8.63. The Hall–Kier alpha value is -4.91. The lowest BCUT2D eigenvalue weighted by molar-refractivity contribution is -0.122. The highest BCUT2D eigenvalue weighted by molar-refractivity contribution is 6.39. The lowest BCUT2D eigenvalue weighted by atomic mass is 9.99. The number of rotatable bonds is 6. The summed E-state index contributed by atoms with van der Waals surface area (Å²) < 4.78 is 11.3. The maximum absolute atomic E-state index is 13.5. The van der Waals surface area contributed by atoms with Crippen LogP contribution in [0.5, 0.6) is 11.5 Å². The van der Waals surface area contributed by atoms with Gasteiger partial charge < -0.3 is 9.47 Å². The molecule has 0 atom stereocenters. The third-order valence-corrected chi connectivity index (χ3v) is 6.13. The molecule has 0 radical (unpaired) electrons. The van der Waals surface area contributed by atoms with Crippen LogP contribution in [-0.4, -0.2) is 25.0 Å². The molecule has 0 aromatic heterocycles. The maximum Gasteiger partial charge on any atom is 0.335 e. The molecule has 0 spiro atoms. The average Bonchev–Trinajstić information content (AvgIpc) is 2.90. The van der Waals surface area contributed by atoms with Gasteiger partial charge in [0, 0.05) is 5.56 Å². The SMILES string of the molecule is COc1ccc(N2C(=O)NC(=O)/C(=C\c3c(OCc4cccc(C)c4)ccc4ccccc34)C2=O)cc1. The number of fused-ring (bicyclic) bond motifs is 1. The number of nitrogens with zero attached hydrogens (tertiary/aromatic N) is 1. The molecule has 5 rings (SSSR count). The van der Waals surface area contributed by atoms with E-state index >= 15 is 0 Å². The van der Waals surface area contributed by atoms with Gasteiger partial charge in [-0.05, 0) is 59.7 Å². The van der Waals surface area contributed by atoms with E-state index in [0.717, 1.165) is 26.8 Å². The molecule has 0 aliphatic carbocycles. The number of methoxy groups -OCH3 is 1. The maximum atomic E-state index is 13.5. The molecule has 4 aromatic rings. The van der Waals surface area contributed by atoms with Crippen LogP contribution in [0.1, 0.15) is 16.7 Å². The highest BCUT2D eigenvalue weighted by Gasteiger charge is 2.37. The number of carbonyl (C=O) groups excluding carboxylic acids is 3. The summed E-state index contributed by atoms with van der Waals surface area (Å²) in [5, 5.41) is 4.01. The molecular formula is C30H24N2O5. The van der Waals surface area contributed by atoms with E-state index in [1.165, 1.54) is 13.2 Å². The molecule has 0 bridgehead atoms. The van der Waals surface area contributed by atoms with Crippen molar-refractivity contribution in [3.8, 4) is 11.5 Å². The molecule has 4 amide bonds. The van der Waals surface area contributed by atoms with Crippen molar-refractivity contribution in [2.45, 2.75) is 13.5 Å². The third-order valence-electron chi connectivity index (χ3n) is 6.13. The molecule has 7 heteroatoms. The average molecular weight is 493 g/mol. The van der Waals surface area contributed by atoms with Crippen LogP contribution in [-0.2, 0) is 16.2 Å². The molecule has 1 aliphatic heterocycles. The Morgan fingerprint density at radius 2 is 1.68 bits per heavy atom. The van der Waals surface area contributed by atoms with Crippen LogP contribution in [0.2, 0.25) is 0 Å². The minimum Gasteiger partial charge on any atom is -0.497 e. The van der Waals surface area contributed by atoms with E-state index in [-0.39, 0.29) is 5.57 Å². The molecule has 37 heavy (non-hydrogen) atoms. The quantitative estimate of drug-likeness (QED) is 0.288. The summed E-state index contributed by atoms with van der Waals surface area (Å²) in [4.78, 5) is 39.9. The number of aryl methyl sites for hydroxylation is 1. The Kier molecular flexibility index (Phi) is 6.43. The third kappa shape index (κ3) is 4.79. The van der Waals surface area contributed by atoms with E-state index < -0.39 is 17.8 Å². The van der Waals surface area contributed by atoms with Crippen LogP contribution >= 0.6 is 0 Å². The van der Waals surface area contributed by atoms with E-state index in [9.17, 15) is 14.4 Å². The fraction of sp³-hybridized carbons (Fsp3) is 0.100. The van der Waals surface area contributed by atoms with Gasteiger partial charge in [-0.25, -0.2) is 9.69 Å². The molecule has 1 N–H and O–H groups in total. The summed E-state index contributed by atoms with van der Waals surface area (Å²) in [6, 6.07) is 25.0. The Morgan fingerprint density at radius 3 is 2.43 bits per heavy atom. The van der Waals surface area contributed by atoms with Gasteiger partial charge in [-0.1, -0.05) is 60.2 Å². The number of nitrogens with one attached hydrogen (secondary N) is 1. The van der Waals surface area contributed by atoms with Gasteiger partial charge >= 0.3 is 6.03 Å². The first-order valence-corrected chi connectivity index (χ1v) is 11.7. The first kappa shape index (κ1) is 23.8. The van der Waals surface area contributed by atoms with Crippen molar-refractivity contribution < 1.29 is 23.9 Å². The summed E-state index contributed by atoms with van der Waals surface area (Å²) >= 11 is 0. The van der Waals surface area contributed by atoms with E-state index in [1.54, 1.807) is 24.3 Å². The lowest BCUT2D eigenvalue weighted by Gasteiger charge is -2.26. The molecular weight excluding hydrogens is 468 g/mol. The molecule has 1 fully saturated rings. The van der Waals surface area contributed by atoms with Crippen molar-refractivity contribution in [1.29, 1.82) is 0 Å². The van der Waals surface area contributed by atoms with Gasteiger partial charge in [-0.3, -0.25) is 14.9 Å². The zero-order valence-electron chi connectivity index (χ0n) is 20.4. The number of benzene rings is 4. The molecule has 1 heterocycles. The van der Waals surface area contributed by atoms with Gasteiger partial charge in [-0.2, -0.15) is 0 Å². The number of urea groups is 1. The van der Waals surface area contributed by atoms with Gasteiger partial charge in [0.05, 0.1) is 12.8 Å². The van der Waals surface area contributed by atoms with E-state index in [2.05, 4.69) is 5.32 Å². The minimum atomic E-state index is -0.814. The number of anilines is 1. The number of imide groups is 2. The topological polar surface area (TPSA) is 84.9 Å². The van der Waals surface area contributed by atoms with Crippen LogP contribution in [0.15, 0.2) is 90.5 Å². The van der Waals surface area contributed by atoms with Crippen molar-refractivity contribution in [1.82, 2.24) is 5.32 Å². The van der Waals surface area contributed by atoms with Crippen molar-refractivity contribution in [2.75, 3.05) is 12.0 Å². The van der Waals surface area contributed by atoms with Gasteiger partial charge in [0.15, 0.2) is 0 Å². The van der Waals surface area contributed by atoms with Crippen molar-refractivity contribution in [3.05, 3.63) is 107 Å². The molecule has 0 saturated carbocycles. The number of barbiturate groups is 1. The summed E-state index contributed by atoms with van der Waals surface area (Å²) in [7, 11) is 1.52. The van der Waals surface area contributed by atoms with Crippen LogP contribution in [0, 0.1) is 6.92 Å². The first-order chi connectivity index (χ1) is 17.9. The van der Waals surface area contributed by atoms with Crippen molar-refractivity contribution >= 4 is 40.4 Å². The zero-order valence-corrected chi connectivity index (χ0v) is 20.4. The lowest BCUT2D eigenvalue weighted by Crippen LogP contribution is -2.54. The fourth-order valence-corrected chi connectivity index (χ4v) is 4.28. The monoisotopic (exact) mass is 492 g/mol. The van der Waals surface area contributed by atoms with Crippen LogP contribution < -0.4 is 19.7 Å². The van der Waals surface area contributed by atoms with Crippen LogP contribution in [0.25, 0.3) is 16.8 Å². The van der Waals surface area contributed by atoms with E-state index in [0.29, 0.717) is 29.4 Å². The van der Waals surface area contributed by atoms with E-state index in [1.807, 2.05) is 67.6 Å². The van der Waals surface area contributed by atoms with Gasteiger partial charge in [0.2, 0.25) is 0 Å². The standard InChI is InChI=1S/C30H24N2O5/c1-19-6-5-7-20(16-19)18-37-27-15-10-21-8-3-4-9-24(21)25(27)17-26-28(33)31-30(35)32(29(26)34)22-11-13-23(36-2)14-12-22/h3-17H,18H2,1-2H3,(H,31,33,35)/b26-17+. The smallest absolute Gasteiger partial charge is 0.335 e. The molecule has 4 aromatic carbocycles. The second kappa shape index (κ2) is 9.99. The number of ether oxygens (including phenoxy) is 2. The molecule has 7 nitrogen and oxygen atoms in total. The highest BCUT2D eigenvalue weighted by Crippen LogP contribution is 2.32. The number of carbonyl (C=O) groups is 3. The molecule has 1 aliphatic rings. The second-order valence-electron chi connectivity index (χ2n) is 8.63. The summed E-state index contributed by atoms with van der Waals surface area (Å²) in [6.07, 6.45) is 1.49. The van der Waals surface area contributed by atoms with Crippen molar-refractivity contribution in [3.63, 3.8) is 0 Å².